The molecule has 0 fully saturated rings. The topological polar surface area (TPSA) is 43.6 Å². The lowest BCUT2D eigenvalue weighted by atomic mass is 9.79. The molecule has 8 rings (SSSR count). The fourth-order valence-corrected chi connectivity index (χ4v) is 11.8. The van der Waals surface area contributed by atoms with Crippen molar-refractivity contribution in [3.63, 3.8) is 0 Å². The van der Waals surface area contributed by atoms with Crippen molar-refractivity contribution in [2.24, 2.45) is 0 Å². The second-order valence-corrected chi connectivity index (χ2v) is 22.0. The number of likely N-dealkylation sites (N-methyl/N-ethyl adjacent to an activating group) is 1. The summed E-state index contributed by atoms with van der Waals surface area (Å²) in [5.74, 6) is 0. The molecule has 0 radical (unpaired) electrons. The number of alkyl halides is 3. The van der Waals surface area contributed by atoms with E-state index >= 15 is 0 Å². The van der Waals surface area contributed by atoms with E-state index in [9.17, 15) is 21.6 Å². The zero-order chi connectivity index (χ0) is 45.9. The van der Waals surface area contributed by atoms with Crippen molar-refractivity contribution in [1.29, 1.82) is 0 Å². The summed E-state index contributed by atoms with van der Waals surface area (Å²) in [6, 6.07) is 28.7. The number of benzene rings is 5. The van der Waals surface area contributed by atoms with Gasteiger partial charge >= 0.3 is 15.5 Å². The second kappa shape index (κ2) is 17.4. The molecular weight excluding hydrogens is 959 g/mol. The number of fused-ring (bicyclic) bond motifs is 7. The number of hydrogen-bond acceptors (Lipinski definition) is 3. The third-order valence-electron chi connectivity index (χ3n) is 13.4. The minimum atomic E-state index is -5.81. The van der Waals surface area contributed by atoms with E-state index in [0.717, 1.165) is 112 Å². The first-order valence-electron chi connectivity index (χ1n) is 22.2. The molecule has 2 heterocycles. The zero-order valence-electron chi connectivity index (χ0n) is 37.5. The van der Waals surface area contributed by atoms with Crippen LogP contribution in [0, 0.1) is 0 Å². The van der Waals surface area contributed by atoms with Crippen LogP contribution in [0.4, 0.5) is 24.5 Å². The highest BCUT2D eigenvalue weighted by molar-refractivity contribution is 9.10. The summed E-state index contributed by atoms with van der Waals surface area (Å²) in [4.78, 5) is 2.34. The van der Waals surface area contributed by atoms with Crippen LogP contribution < -0.4 is 4.90 Å². The van der Waals surface area contributed by atoms with E-state index in [1.54, 1.807) is 0 Å². The van der Waals surface area contributed by atoms with Gasteiger partial charge in [0.2, 0.25) is 5.69 Å². The van der Waals surface area contributed by atoms with Crippen molar-refractivity contribution >= 4 is 91.7 Å². The van der Waals surface area contributed by atoms with Crippen LogP contribution in [0.3, 0.4) is 0 Å². The van der Waals surface area contributed by atoms with Crippen LogP contribution in [0.5, 0.6) is 0 Å². The highest BCUT2D eigenvalue weighted by Gasteiger charge is 2.51. The van der Waals surface area contributed by atoms with Gasteiger partial charge in [0, 0.05) is 74.6 Å². The van der Waals surface area contributed by atoms with Gasteiger partial charge in [0.05, 0.1) is 11.1 Å². The largest absolute Gasteiger partial charge is 0.516 e. The number of anilines is 1. The Morgan fingerprint density at radius 1 is 0.734 bits per heavy atom. The average molecular weight is 1010 g/mol. The molecule has 0 aromatic heterocycles. The lowest BCUT2D eigenvalue weighted by Crippen LogP contribution is -2.37. The Kier molecular flexibility index (Phi) is 12.5. The predicted octanol–water partition coefficient (Wildman–Crippen LogP) is 15.1. The SMILES string of the molecule is CCCCCN1/C(=C/C=C2C(N(C)S(=O)(=O)C(F)(F)F)=C(/C=C/C3=[N+](CCCCC)c4ccc5cc(Br)ccc5c4C3(C)C)c3ccccc3/2)C(C)(C)c2c1ccc1cc(Br)ccc21. The third-order valence-corrected chi connectivity index (χ3v) is 15.9. The maximum Gasteiger partial charge on any atom is 0.516 e. The summed E-state index contributed by atoms with van der Waals surface area (Å²) in [6.45, 7) is 14.6. The van der Waals surface area contributed by atoms with Crippen molar-refractivity contribution in [3.8, 4) is 0 Å². The molecule has 0 unspecified atom stereocenters. The Bertz CT molecular complexity index is 2980. The van der Waals surface area contributed by atoms with Crippen molar-refractivity contribution in [1.82, 2.24) is 4.31 Å². The molecule has 0 N–H and O–H groups in total. The molecule has 5 aromatic rings. The van der Waals surface area contributed by atoms with E-state index < -0.39 is 26.4 Å². The Balaban J connectivity index is 1.34. The molecule has 0 amide bonds. The highest BCUT2D eigenvalue weighted by Crippen LogP contribution is 2.53. The van der Waals surface area contributed by atoms with E-state index in [0.29, 0.717) is 26.6 Å². The minimum Gasteiger partial charge on any atom is -0.344 e. The van der Waals surface area contributed by atoms with Gasteiger partial charge in [-0.05, 0) is 113 Å². The summed E-state index contributed by atoms with van der Waals surface area (Å²) in [7, 11) is -4.79. The van der Waals surface area contributed by atoms with E-state index in [1.807, 2.05) is 48.6 Å². The summed E-state index contributed by atoms with van der Waals surface area (Å²) in [6.07, 6.45) is 13.8. The second-order valence-electron chi connectivity index (χ2n) is 18.2. The van der Waals surface area contributed by atoms with Gasteiger partial charge in [0.1, 0.15) is 6.54 Å². The summed E-state index contributed by atoms with van der Waals surface area (Å²) >= 11 is 7.28. The van der Waals surface area contributed by atoms with E-state index in [2.05, 4.69) is 144 Å². The van der Waals surface area contributed by atoms with Gasteiger partial charge in [0.25, 0.3) is 0 Å². The van der Waals surface area contributed by atoms with Gasteiger partial charge in [-0.1, -0.05) is 127 Å². The summed E-state index contributed by atoms with van der Waals surface area (Å²) in [5, 5.41) is 4.49. The first kappa shape index (κ1) is 46.1. The molecule has 2 aliphatic heterocycles. The molecular formula is C53H55Br2F3N3O2S+. The van der Waals surface area contributed by atoms with Crippen molar-refractivity contribution < 1.29 is 26.2 Å². The molecule has 0 saturated heterocycles. The van der Waals surface area contributed by atoms with Crippen molar-refractivity contribution in [2.75, 3.05) is 25.0 Å². The van der Waals surface area contributed by atoms with Gasteiger partial charge in [-0.25, -0.2) is 0 Å². The molecule has 64 heavy (non-hydrogen) atoms. The fourth-order valence-electron chi connectivity index (χ4n) is 10.3. The highest BCUT2D eigenvalue weighted by atomic mass is 79.9. The molecule has 3 aliphatic rings. The number of halogens is 5. The molecule has 0 saturated carbocycles. The Labute approximate surface area is 393 Å². The Hall–Kier alpha value is -4.45. The van der Waals surface area contributed by atoms with Gasteiger partial charge < -0.3 is 4.90 Å². The fraction of sp³-hybridized carbons (Fsp3) is 0.340. The zero-order valence-corrected chi connectivity index (χ0v) is 41.5. The molecule has 0 atom stereocenters. The third kappa shape index (κ3) is 7.81. The first-order chi connectivity index (χ1) is 30.3. The molecule has 5 aromatic carbocycles. The maximum atomic E-state index is 14.7. The van der Waals surface area contributed by atoms with Crippen LogP contribution in [-0.4, -0.2) is 48.7 Å². The molecule has 1 aliphatic carbocycles. The number of rotatable bonds is 13. The van der Waals surface area contributed by atoms with Crippen molar-refractivity contribution in [2.45, 2.75) is 96.4 Å². The van der Waals surface area contributed by atoms with Crippen LogP contribution in [0.1, 0.15) is 102 Å². The number of unbranched alkanes of at least 4 members (excludes halogenated alkanes) is 4. The normalized spacial score (nSPS) is 18.1. The number of nitrogens with zero attached hydrogens (tertiary/aromatic N) is 3. The van der Waals surface area contributed by atoms with Crippen LogP contribution in [0.25, 0.3) is 32.7 Å². The Morgan fingerprint density at radius 2 is 1.34 bits per heavy atom. The molecule has 11 heteroatoms. The average Bonchev–Trinajstić information content (AvgIpc) is 3.76. The summed E-state index contributed by atoms with van der Waals surface area (Å²) in [5.41, 5.74) is 2.14. The van der Waals surface area contributed by atoms with Gasteiger partial charge in [-0.15, -0.1) is 0 Å². The Morgan fingerprint density at radius 3 is 1.98 bits per heavy atom. The van der Waals surface area contributed by atoms with Gasteiger partial charge in [-0.3, -0.25) is 4.31 Å². The summed E-state index contributed by atoms with van der Waals surface area (Å²) < 4.78 is 75.9. The first-order valence-corrected chi connectivity index (χ1v) is 25.2. The molecule has 5 nitrogen and oxygen atoms in total. The monoisotopic (exact) mass is 1010 g/mol. The van der Waals surface area contributed by atoms with Crippen LogP contribution >= 0.6 is 31.9 Å². The minimum absolute atomic E-state index is 0.0190. The quantitative estimate of drug-likeness (QED) is 0.0872. The van der Waals surface area contributed by atoms with E-state index in [-0.39, 0.29) is 5.70 Å². The molecule has 334 valence electrons. The van der Waals surface area contributed by atoms with E-state index in [4.69, 9.17) is 0 Å². The lowest BCUT2D eigenvalue weighted by Gasteiger charge is -2.27. The predicted molar refractivity (Wildman–Crippen MR) is 267 cm³/mol. The van der Waals surface area contributed by atoms with Crippen LogP contribution in [0.15, 0.2) is 130 Å². The van der Waals surface area contributed by atoms with Gasteiger partial charge in [-0.2, -0.15) is 26.2 Å². The molecule has 0 spiro atoms. The maximum absolute atomic E-state index is 14.7. The smallest absolute Gasteiger partial charge is 0.344 e. The number of allylic oxidation sites excluding steroid dienone is 7. The number of sulfonamides is 1. The van der Waals surface area contributed by atoms with E-state index in [1.165, 1.54) is 11.1 Å². The molecule has 0 bridgehead atoms. The van der Waals surface area contributed by atoms with Crippen LogP contribution in [-0.2, 0) is 20.9 Å². The standard InChI is InChI=1S/C53H55Br2F3N3O2S/c1-8-10-14-30-60-44-26-18-34-32-36(54)20-22-38(34)48(44)51(3,4)46(60)28-24-42-40-16-12-13-17-41(40)43(50(42)59(7)64(62,63)53(56,57)58)25-29-47-52(5,6)49-39-23-21-37(55)33-35(39)19-27-45(49)61(47)31-15-11-9-2/h12-13,16-29,32-33H,8-11,14-15,30-31H2,1-7H3/q+1. The lowest BCUT2D eigenvalue weighted by molar-refractivity contribution is -0.438. The van der Waals surface area contributed by atoms with Crippen molar-refractivity contribution in [3.05, 3.63) is 152 Å². The van der Waals surface area contributed by atoms with Gasteiger partial charge in [0.15, 0.2) is 5.71 Å². The van der Waals surface area contributed by atoms with Crippen LogP contribution in [0.2, 0.25) is 0 Å². The number of hydrogen-bond donors (Lipinski definition) is 0.